The zero-order valence-electron chi connectivity index (χ0n) is 18.0. The number of ether oxygens (including phenoxy) is 1. The maximum atomic E-state index is 14.0. The highest BCUT2D eigenvalue weighted by atomic mass is 16.5. The lowest BCUT2D eigenvalue weighted by Gasteiger charge is -2.30. The molecule has 0 N–H and O–H groups in total. The predicted molar refractivity (Wildman–Crippen MR) is 127 cm³/mol. The van der Waals surface area contributed by atoms with Crippen LogP contribution in [0.5, 0.6) is 5.75 Å². The van der Waals surface area contributed by atoms with Gasteiger partial charge < -0.3 is 9.64 Å². The molecule has 5 nitrogen and oxygen atoms in total. The first kappa shape index (κ1) is 21.1. The summed E-state index contributed by atoms with van der Waals surface area (Å²) in [6.45, 7) is 0.960. The van der Waals surface area contributed by atoms with Crippen LogP contribution >= 0.6 is 0 Å². The lowest BCUT2D eigenvalue weighted by Crippen LogP contribution is -2.40. The maximum Gasteiger partial charge on any atom is 0.330 e. The van der Waals surface area contributed by atoms with Gasteiger partial charge in [-0.25, -0.2) is 14.7 Å². The van der Waals surface area contributed by atoms with Crippen molar-refractivity contribution in [2.75, 3.05) is 12.0 Å². The highest BCUT2D eigenvalue weighted by Crippen LogP contribution is 2.28. The number of anilines is 2. The average Bonchev–Trinajstić information content (AvgIpc) is 2.86. The summed E-state index contributed by atoms with van der Waals surface area (Å²) >= 11 is 0. The van der Waals surface area contributed by atoms with Gasteiger partial charge in [0.1, 0.15) is 11.6 Å². The van der Waals surface area contributed by atoms with Gasteiger partial charge in [0.15, 0.2) is 0 Å². The van der Waals surface area contributed by atoms with Gasteiger partial charge in [0.05, 0.1) is 12.8 Å². The Morgan fingerprint density at radius 3 is 1.81 bits per heavy atom. The molecule has 3 aromatic carbocycles. The van der Waals surface area contributed by atoms with E-state index >= 15 is 0 Å². The number of aromatic nitrogens is 1. The number of hydrogen-bond donors (Lipinski definition) is 0. The SMILES string of the molecule is COc1ccc(N(C(=O)N(Cc2ccccc2)Cc2ccccc2)c2ccccn2)cc1. The molecule has 4 rings (SSSR count). The van der Waals surface area contributed by atoms with Crippen LogP contribution in [-0.4, -0.2) is 23.0 Å². The van der Waals surface area contributed by atoms with Gasteiger partial charge in [0.2, 0.25) is 0 Å². The van der Waals surface area contributed by atoms with E-state index in [9.17, 15) is 4.79 Å². The van der Waals surface area contributed by atoms with Crippen molar-refractivity contribution in [1.82, 2.24) is 9.88 Å². The van der Waals surface area contributed by atoms with Gasteiger partial charge in [-0.15, -0.1) is 0 Å². The molecule has 0 fully saturated rings. The number of pyridine rings is 1. The first-order valence-electron chi connectivity index (χ1n) is 10.5. The molecule has 1 heterocycles. The monoisotopic (exact) mass is 423 g/mol. The fraction of sp³-hybridized carbons (Fsp3) is 0.111. The van der Waals surface area contributed by atoms with E-state index in [1.807, 2.05) is 108 Å². The molecule has 0 aliphatic carbocycles. The van der Waals surface area contributed by atoms with Gasteiger partial charge in [-0.1, -0.05) is 66.7 Å². The molecule has 2 amide bonds. The van der Waals surface area contributed by atoms with Crippen LogP contribution in [0.15, 0.2) is 109 Å². The summed E-state index contributed by atoms with van der Waals surface area (Å²) in [6.07, 6.45) is 1.69. The largest absolute Gasteiger partial charge is 0.497 e. The van der Waals surface area contributed by atoms with Crippen LogP contribution in [0, 0.1) is 0 Å². The number of methoxy groups -OCH3 is 1. The number of urea groups is 1. The van der Waals surface area contributed by atoms with Crippen molar-refractivity contribution in [1.29, 1.82) is 0 Å². The first-order valence-corrected chi connectivity index (χ1v) is 10.5. The van der Waals surface area contributed by atoms with Crippen molar-refractivity contribution in [2.24, 2.45) is 0 Å². The van der Waals surface area contributed by atoms with Gasteiger partial charge in [-0.05, 0) is 47.5 Å². The fourth-order valence-electron chi connectivity index (χ4n) is 3.50. The van der Waals surface area contributed by atoms with Gasteiger partial charge in [0, 0.05) is 19.3 Å². The maximum absolute atomic E-state index is 14.0. The minimum Gasteiger partial charge on any atom is -0.497 e. The molecule has 5 heteroatoms. The molecule has 0 aliphatic rings. The summed E-state index contributed by atoms with van der Waals surface area (Å²) in [5.74, 6) is 1.29. The lowest BCUT2D eigenvalue weighted by atomic mass is 10.1. The summed E-state index contributed by atoms with van der Waals surface area (Å²) in [5, 5.41) is 0. The van der Waals surface area contributed by atoms with E-state index in [0.29, 0.717) is 18.9 Å². The smallest absolute Gasteiger partial charge is 0.330 e. The quantitative estimate of drug-likeness (QED) is 0.363. The van der Waals surface area contributed by atoms with E-state index in [0.717, 1.165) is 22.6 Å². The van der Waals surface area contributed by atoms with E-state index in [-0.39, 0.29) is 6.03 Å². The standard InChI is InChI=1S/C27H25N3O2/c1-32-25-17-15-24(16-18-25)30(26-14-8-9-19-28-26)27(31)29(20-22-10-4-2-5-11-22)21-23-12-6-3-7-13-23/h2-19H,20-21H2,1H3. The number of carbonyl (C=O) groups is 1. The molecular formula is C27H25N3O2. The second-order valence-corrected chi connectivity index (χ2v) is 7.33. The van der Waals surface area contributed by atoms with Crippen LogP contribution in [0.2, 0.25) is 0 Å². The Hall–Kier alpha value is -4.12. The molecule has 0 saturated carbocycles. The molecule has 32 heavy (non-hydrogen) atoms. The van der Waals surface area contributed by atoms with E-state index in [2.05, 4.69) is 4.98 Å². The molecule has 0 unspecified atom stereocenters. The summed E-state index contributed by atoms with van der Waals surface area (Å²) in [4.78, 5) is 21.9. The zero-order chi connectivity index (χ0) is 22.2. The Bertz CT molecular complexity index is 1080. The normalized spacial score (nSPS) is 10.4. The number of benzene rings is 3. The van der Waals surface area contributed by atoms with Crippen LogP contribution in [0.1, 0.15) is 11.1 Å². The van der Waals surface area contributed by atoms with E-state index in [4.69, 9.17) is 4.74 Å². The average molecular weight is 424 g/mol. The van der Waals surface area contributed by atoms with Crippen molar-refractivity contribution in [2.45, 2.75) is 13.1 Å². The minimum atomic E-state index is -0.151. The topological polar surface area (TPSA) is 45.7 Å². The molecule has 0 saturated heterocycles. The van der Waals surface area contributed by atoms with Crippen LogP contribution in [0.4, 0.5) is 16.3 Å². The molecule has 4 aromatic rings. The Balaban J connectivity index is 1.72. The summed E-state index contributed by atoms with van der Waals surface area (Å²) < 4.78 is 5.29. The number of nitrogens with zero attached hydrogens (tertiary/aromatic N) is 3. The number of rotatable bonds is 7. The Kier molecular flexibility index (Phi) is 6.78. The highest BCUT2D eigenvalue weighted by Gasteiger charge is 2.25. The van der Waals surface area contributed by atoms with Gasteiger partial charge in [0.25, 0.3) is 0 Å². The van der Waals surface area contributed by atoms with E-state index in [1.54, 1.807) is 18.2 Å². The van der Waals surface area contributed by atoms with Gasteiger partial charge in [-0.2, -0.15) is 0 Å². The van der Waals surface area contributed by atoms with Crippen LogP contribution in [-0.2, 0) is 13.1 Å². The lowest BCUT2D eigenvalue weighted by molar-refractivity contribution is 0.201. The predicted octanol–water partition coefficient (Wildman–Crippen LogP) is 6.05. The highest BCUT2D eigenvalue weighted by molar-refractivity contribution is 5.98. The van der Waals surface area contributed by atoms with Crippen molar-refractivity contribution in [3.05, 3.63) is 120 Å². The summed E-state index contributed by atoms with van der Waals surface area (Å²) in [6, 6.07) is 32.9. The third kappa shape index (κ3) is 5.13. The third-order valence-corrected chi connectivity index (χ3v) is 5.10. The second-order valence-electron chi connectivity index (χ2n) is 7.33. The number of amides is 2. The molecule has 160 valence electrons. The Labute approximate surface area is 188 Å². The molecule has 0 spiro atoms. The molecular weight excluding hydrogens is 398 g/mol. The van der Waals surface area contributed by atoms with Gasteiger partial charge in [-0.3, -0.25) is 0 Å². The molecule has 0 radical (unpaired) electrons. The number of hydrogen-bond acceptors (Lipinski definition) is 3. The van der Waals surface area contributed by atoms with Crippen LogP contribution < -0.4 is 9.64 Å². The molecule has 1 aromatic heterocycles. The fourth-order valence-corrected chi connectivity index (χ4v) is 3.50. The zero-order valence-corrected chi connectivity index (χ0v) is 18.0. The second kappa shape index (κ2) is 10.3. The molecule has 0 aliphatic heterocycles. The molecule has 0 bridgehead atoms. The Morgan fingerprint density at radius 2 is 1.31 bits per heavy atom. The Morgan fingerprint density at radius 1 is 0.750 bits per heavy atom. The van der Waals surface area contributed by atoms with E-state index < -0.39 is 0 Å². The van der Waals surface area contributed by atoms with E-state index in [1.165, 1.54) is 0 Å². The van der Waals surface area contributed by atoms with Gasteiger partial charge >= 0.3 is 6.03 Å². The van der Waals surface area contributed by atoms with Crippen molar-refractivity contribution in [3.63, 3.8) is 0 Å². The summed E-state index contributed by atoms with van der Waals surface area (Å²) in [5.41, 5.74) is 2.85. The van der Waals surface area contributed by atoms with Crippen molar-refractivity contribution in [3.8, 4) is 5.75 Å². The van der Waals surface area contributed by atoms with Crippen molar-refractivity contribution >= 4 is 17.5 Å². The van der Waals surface area contributed by atoms with Crippen LogP contribution in [0.25, 0.3) is 0 Å². The third-order valence-electron chi connectivity index (χ3n) is 5.10. The number of carbonyl (C=O) groups excluding carboxylic acids is 1. The minimum absolute atomic E-state index is 0.151. The molecule has 0 atom stereocenters. The van der Waals surface area contributed by atoms with Crippen molar-refractivity contribution < 1.29 is 9.53 Å². The summed E-state index contributed by atoms with van der Waals surface area (Å²) in [7, 11) is 1.62. The first-order chi connectivity index (χ1) is 15.7. The van der Waals surface area contributed by atoms with Crippen LogP contribution in [0.3, 0.4) is 0 Å².